The Morgan fingerprint density at radius 1 is 0.657 bits per heavy atom. The summed E-state index contributed by atoms with van der Waals surface area (Å²) >= 11 is 0. The highest BCUT2D eigenvalue weighted by Gasteiger charge is 2.13. The molecule has 7 nitrogen and oxygen atoms in total. The predicted octanol–water partition coefficient (Wildman–Crippen LogP) is 4.13. The number of benzene rings is 1. The maximum Gasteiger partial charge on any atom is 0.307 e. The van der Waals surface area contributed by atoms with Crippen molar-refractivity contribution in [2.45, 2.75) is 32.5 Å². The maximum atomic E-state index is 12.7. The number of rotatable bonds is 11. The van der Waals surface area contributed by atoms with Crippen LogP contribution in [-0.4, -0.2) is 36.7 Å². The van der Waals surface area contributed by atoms with E-state index in [-0.39, 0.29) is 18.6 Å². The number of hydrogen-bond acceptors (Lipinski definition) is 6. The Kier molecular flexibility index (Phi) is 8.04. The van der Waals surface area contributed by atoms with Gasteiger partial charge in [-0.3, -0.25) is 29.4 Å². The van der Waals surface area contributed by atoms with E-state index in [1.165, 1.54) is 0 Å². The summed E-state index contributed by atoms with van der Waals surface area (Å²) in [6.07, 6.45) is 5.40. The molecule has 3 aromatic heterocycles. The number of ketones is 1. The first-order chi connectivity index (χ1) is 17.0. The molecule has 0 atom stereocenters. The number of aromatic nitrogens is 3. The van der Waals surface area contributed by atoms with Crippen LogP contribution in [0.4, 0.5) is 0 Å². The highest BCUT2D eigenvalue weighted by molar-refractivity contribution is 5.97. The fourth-order valence-electron chi connectivity index (χ4n) is 3.76. The maximum absolute atomic E-state index is 12.7. The van der Waals surface area contributed by atoms with Crippen molar-refractivity contribution < 1.29 is 14.7 Å². The van der Waals surface area contributed by atoms with E-state index in [0.717, 1.165) is 22.6 Å². The lowest BCUT2D eigenvalue weighted by molar-refractivity contribution is -0.136. The highest BCUT2D eigenvalue weighted by Crippen LogP contribution is 2.13. The van der Waals surface area contributed by atoms with E-state index >= 15 is 0 Å². The quantitative estimate of drug-likeness (QED) is 0.332. The Bertz CT molecular complexity index is 1200. The molecule has 4 aromatic rings. The molecule has 0 saturated carbocycles. The molecule has 0 unspecified atom stereocenters. The second-order valence-electron chi connectivity index (χ2n) is 8.31. The number of carbonyl (C=O) groups excluding carboxylic acids is 1. The molecule has 7 heteroatoms. The van der Waals surface area contributed by atoms with Crippen LogP contribution < -0.4 is 0 Å². The zero-order valence-electron chi connectivity index (χ0n) is 19.2. The second-order valence-corrected chi connectivity index (χ2v) is 8.31. The first-order valence-corrected chi connectivity index (χ1v) is 11.3. The van der Waals surface area contributed by atoms with E-state index in [1.807, 2.05) is 48.5 Å². The molecule has 4 rings (SSSR count). The van der Waals surface area contributed by atoms with Gasteiger partial charge in [0.05, 0.1) is 23.5 Å². The average Bonchev–Trinajstić information content (AvgIpc) is 2.86. The summed E-state index contributed by atoms with van der Waals surface area (Å²) in [5.41, 5.74) is 4.87. The predicted molar refractivity (Wildman–Crippen MR) is 131 cm³/mol. The van der Waals surface area contributed by atoms with Crippen molar-refractivity contribution in [2.75, 3.05) is 0 Å². The van der Waals surface area contributed by atoms with Gasteiger partial charge in [-0.25, -0.2) is 0 Å². The van der Waals surface area contributed by atoms with Crippen molar-refractivity contribution in [1.29, 1.82) is 0 Å². The summed E-state index contributed by atoms with van der Waals surface area (Å²) in [4.78, 5) is 39.2. The van der Waals surface area contributed by atoms with Crippen molar-refractivity contribution in [2.24, 2.45) is 0 Å². The van der Waals surface area contributed by atoms with E-state index in [4.69, 9.17) is 5.11 Å². The Labute approximate surface area is 204 Å². The molecule has 0 bridgehead atoms. The van der Waals surface area contributed by atoms with Gasteiger partial charge in [0, 0.05) is 50.2 Å². The molecule has 0 aliphatic heterocycles. The van der Waals surface area contributed by atoms with Gasteiger partial charge in [-0.05, 0) is 47.5 Å². The van der Waals surface area contributed by atoms with Gasteiger partial charge in [0.25, 0.3) is 0 Å². The average molecular weight is 467 g/mol. The van der Waals surface area contributed by atoms with Gasteiger partial charge in [0.2, 0.25) is 0 Å². The van der Waals surface area contributed by atoms with Crippen LogP contribution in [0.3, 0.4) is 0 Å². The summed E-state index contributed by atoms with van der Waals surface area (Å²) in [6.45, 7) is 1.89. The summed E-state index contributed by atoms with van der Waals surface area (Å²) in [6, 6.07) is 22.5. The van der Waals surface area contributed by atoms with Crippen LogP contribution in [0.15, 0.2) is 91.4 Å². The van der Waals surface area contributed by atoms with Crippen LogP contribution in [0.2, 0.25) is 0 Å². The first kappa shape index (κ1) is 23.9. The lowest BCUT2D eigenvalue weighted by atomic mass is 10.0. The van der Waals surface area contributed by atoms with E-state index in [0.29, 0.717) is 30.8 Å². The molecule has 176 valence electrons. The third-order valence-corrected chi connectivity index (χ3v) is 5.50. The van der Waals surface area contributed by atoms with Crippen molar-refractivity contribution in [1.82, 2.24) is 19.9 Å². The first-order valence-electron chi connectivity index (χ1n) is 11.3. The number of Topliss-reactive ketones (excluding diaryl/α,β-unsaturated/α-hetero) is 1. The van der Waals surface area contributed by atoms with Crippen molar-refractivity contribution >= 4 is 11.8 Å². The van der Waals surface area contributed by atoms with Crippen LogP contribution in [0, 0.1) is 0 Å². The lowest BCUT2D eigenvalue weighted by Crippen LogP contribution is -2.24. The highest BCUT2D eigenvalue weighted by atomic mass is 16.4. The number of carbonyl (C=O) groups is 2. The number of carboxylic acid groups (broad SMARTS) is 1. The molecule has 35 heavy (non-hydrogen) atoms. The monoisotopic (exact) mass is 466 g/mol. The fraction of sp³-hybridized carbons (Fsp3) is 0.179. The van der Waals surface area contributed by atoms with Crippen LogP contribution >= 0.6 is 0 Å². The SMILES string of the molecule is O=C(O)Cc1ccc(CC(=O)c2ccc(CN(Cc3ccccn3)Cc3ccccn3)nc2)cc1. The zero-order valence-corrected chi connectivity index (χ0v) is 19.2. The lowest BCUT2D eigenvalue weighted by Gasteiger charge is -2.21. The smallest absolute Gasteiger partial charge is 0.307 e. The molecular formula is C28H26N4O3. The molecule has 0 aliphatic carbocycles. The third-order valence-electron chi connectivity index (χ3n) is 5.50. The van der Waals surface area contributed by atoms with E-state index < -0.39 is 5.97 Å². The molecule has 1 N–H and O–H groups in total. The normalized spacial score (nSPS) is 10.9. The fourth-order valence-corrected chi connectivity index (χ4v) is 3.76. The minimum Gasteiger partial charge on any atom is -0.481 e. The van der Waals surface area contributed by atoms with Crippen molar-refractivity contribution in [3.05, 3.63) is 125 Å². The van der Waals surface area contributed by atoms with Gasteiger partial charge in [-0.15, -0.1) is 0 Å². The van der Waals surface area contributed by atoms with Crippen LogP contribution in [0.25, 0.3) is 0 Å². The van der Waals surface area contributed by atoms with Gasteiger partial charge >= 0.3 is 5.97 Å². The Balaban J connectivity index is 1.40. The van der Waals surface area contributed by atoms with Crippen LogP contribution in [0.1, 0.15) is 38.6 Å². The van der Waals surface area contributed by atoms with Gasteiger partial charge in [0.15, 0.2) is 5.78 Å². The molecule has 0 aliphatic rings. The minimum absolute atomic E-state index is 0.0305. The molecule has 1 aromatic carbocycles. The molecule has 0 radical (unpaired) electrons. The topological polar surface area (TPSA) is 96.3 Å². The number of carboxylic acids is 1. The number of pyridine rings is 3. The number of aliphatic carboxylic acids is 1. The van der Waals surface area contributed by atoms with E-state index in [2.05, 4.69) is 19.9 Å². The second kappa shape index (κ2) is 11.8. The third kappa shape index (κ3) is 7.38. The summed E-state index contributed by atoms with van der Waals surface area (Å²) in [7, 11) is 0. The molecule has 0 amide bonds. The van der Waals surface area contributed by atoms with Gasteiger partial charge < -0.3 is 5.11 Å². The Hall–Kier alpha value is -4.23. The van der Waals surface area contributed by atoms with E-state index in [1.54, 1.807) is 42.9 Å². The van der Waals surface area contributed by atoms with Crippen molar-refractivity contribution in [3.8, 4) is 0 Å². The molecule has 0 saturated heterocycles. The number of hydrogen-bond donors (Lipinski definition) is 1. The van der Waals surface area contributed by atoms with Crippen LogP contribution in [0.5, 0.6) is 0 Å². The largest absolute Gasteiger partial charge is 0.481 e. The van der Waals surface area contributed by atoms with Crippen molar-refractivity contribution in [3.63, 3.8) is 0 Å². The standard InChI is InChI=1S/C28H26N4O3/c33-27(15-21-7-9-22(10-8-21)16-28(34)35)23-11-12-26(31-17-23)20-32(18-24-5-1-3-13-29-24)19-25-6-2-4-14-30-25/h1-14,17H,15-16,18-20H2,(H,34,35). The van der Waals surface area contributed by atoms with Gasteiger partial charge in [-0.2, -0.15) is 0 Å². The Morgan fingerprint density at radius 2 is 1.20 bits per heavy atom. The minimum atomic E-state index is -0.876. The molecule has 3 heterocycles. The van der Waals surface area contributed by atoms with Gasteiger partial charge in [0.1, 0.15) is 0 Å². The summed E-state index contributed by atoms with van der Waals surface area (Å²) < 4.78 is 0. The summed E-state index contributed by atoms with van der Waals surface area (Å²) in [5, 5.41) is 8.88. The molecule has 0 spiro atoms. The molecule has 0 fully saturated rings. The summed E-state index contributed by atoms with van der Waals surface area (Å²) in [5.74, 6) is -0.910. The zero-order chi connectivity index (χ0) is 24.5. The van der Waals surface area contributed by atoms with Crippen LogP contribution in [-0.2, 0) is 37.3 Å². The van der Waals surface area contributed by atoms with Gasteiger partial charge in [-0.1, -0.05) is 36.4 Å². The Morgan fingerprint density at radius 3 is 1.66 bits per heavy atom. The molecular weight excluding hydrogens is 440 g/mol. The van der Waals surface area contributed by atoms with E-state index in [9.17, 15) is 9.59 Å². The number of nitrogens with zero attached hydrogens (tertiary/aromatic N) is 4.